The van der Waals surface area contributed by atoms with Gasteiger partial charge in [0.25, 0.3) is 0 Å². The molecule has 1 unspecified atom stereocenters. The van der Waals surface area contributed by atoms with Gasteiger partial charge in [0.1, 0.15) is 9.84 Å². The van der Waals surface area contributed by atoms with Crippen LogP contribution in [0.3, 0.4) is 0 Å². The number of sulfone groups is 1. The van der Waals surface area contributed by atoms with Crippen molar-refractivity contribution in [3.8, 4) is 0 Å². The highest BCUT2D eigenvalue weighted by molar-refractivity contribution is 7.91. The van der Waals surface area contributed by atoms with Crippen LogP contribution in [0.2, 0.25) is 0 Å². The highest BCUT2D eigenvalue weighted by Crippen LogP contribution is 2.32. The van der Waals surface area contributed by atoms with Crippen LogP contribution < -0.4 is 5.73 Å². The van der Waals surface area contributed by atoms with E-state index in [2.05, 4.69) is 4.90 Å². The van der Waals surface area contributed by atoms with E-state index >= 15 is 0 Å². The molecule has 2 saturated heterocycles. The van der Waals surface area contributed by atoms with E-state index in [9.17, 15) is 8.42 Å². The SMILES string of the molecule is CCOC1CCCN(C2(CN)CCS(=O)(=O)CC2)C1. The topological polar surface area (TPSA) is 72.6 Å². The minimum atomic E-state index is -2.84. The Hall–Kier alpha value is -0.170. The van der Waals surface area contributed by atoms with E-state index in [1.54, 1.807) is 0 Å². The maximum atomic E-state index is 11.6. The number of ether oxygens (including phenoxy) is 1. The average molecular weight is 290 g/mol. The van der Waals surface area contributed by atoms with Gasteiger partial charge in [-0.15, -0.1) is 0 Å². The van der Waals surface area contributed by atoms with Gasteiger partial charge in [0, 0.05) is 25.2 Å². The molecule has 2 aliphatic heterocycles. The molecule has 0 spiro atoms. The molecule has 2 heterocycles. The second kappa shape index (κ2) is 6.08. The van der Waals surface area contributed by atoms with Crippen LogP contribution in [0.1, 0.15) is 32.6 Å². The monoisotopic (exact) mass is 290 g/mol. The molecule has 0 aromatic carbocycles. The van der Waals surface area contributed by atoms with Gasteiger partial charge in [0.2, 0.25) is 0 Å². The highest BCUT2D eigenvalue weighted by atomic mass is 32.2. The van der Waals surface area contributed by atoms with Gasteiger partial charge in [0.05, 0.1) is 17.6 Å². The summed E-state index contributed by atoms with van der Waals surface area (Å²) in [6, 6.07) is 0. The molecule has 0 aromatic heterocycles. The molecule has 19 heavy (non-hydrogen) atoms. The minimum absolute atomic E-state index is 0.124. The lowest BCUT2D eigenvalue weighted by Gasteiger charge is -2.48. The predicted octanol–water partition coefficient (Wildman–Crippen LogP) is 0.393. The van der Waals surface area contributed by atoms with Crippen molar-refractivity contribution in [2.75, 3.05) is 37.7 Å². The molecule has 2 rings (SSSR count). The van der Waals surface area contributed by atoms with E-state index in [1.165, 1.54) is 0 Å². The van der Waals surface area contributed by atoms with Gasteiger partial charge in [0.15, 0.2) is 0 Å². The van der Waals surface area contributed by atoms with Gasteiger partial charge in [-0.2, -0.15) is 0 Å². The molecule has 5 nitrogen and oxygen atoms in total. The summed E-state index contributed by atoms with van der Waals surface area (Å²) in [4.78, 5) is 2.39. The van der Waals surface area contributed by atoms with E-state index in [0.717, 1.165) is 32.5 Å². The summed E-state index contributed by atoms with van der Waals surface area (Å²) < 4.78 is 29.0. The van der Waals surface area contributed by atoms with Crippen molar-refractivity contribution >= 4 is 9.84 Å². The van der Waals surface area contributed by atoms with Gasteiger partial charge >= 0.3 is 0 Å². The maximum Gasteiger partial charge on any atom is 0.150 e. The fourth-order valence-electron chi connectivity index (χ4n) is 3.31. The molecule has 0 aromatic rings. The van der Waals surface area contributed by atoms with Crippen LogP contribution in [0.25, 0.3) is 0 Å². The summed E-state index contributed by atoms with van der Waals surface area (Å²) in [5.41, 5.74) is 5.88. The van der Waals surface area contributed by atoms with Gasteiger partial charge in [-0.3, -0.25) is 4.90 Å². The van der Waals surface area contributed by atoms with E-state index in [-0.39, 0.29) is 23.1 Å². The second-order valence-electron chi connectivity index (χ2n) is 5.75. The van der Waals surface area contributed by atoms with E-state index < -0.39 is 9.84 Å². The van der Waals surface area contributed by atoms with Crippen molar-refractivity contribution in [3.05, 3.63) is 0 Å². The molecule has 0 amide bonds. The molecule has 2 aliphatic rings. The first-order valence-corrected chi connectivity index (χ1v) is 9.11. The van der Waals surface area contributed by atoms with Crippen LogP contribution in [0.5, 0.6) is 0 Å². The molecule has 2 fully saturated rings. The number of piperidine rings is 1. The van der Waals surface area contributed by atoms with Crippen LogP contribution in [0.4, 0.5) is 0 Å². The number of nitrogens with zero attached hydrogens (tertiary/aromatic N) is 1. The number of nitrogens with two attached hydrogens (primary N) is 1. The predicted molar refractivity (Wildman–Crippen MR) is 75.9 cm³/mol. The summed E-state index contributed by atoms with van der Waals surface area (Å²) in [6.07, 6.45) is 3.83. The number of hydrogen-bond acceptors (Lipinski definition) is 5. The molecule has 0 bridgehead atoms. The van der Waals surface area contributed by atoms with Crippen LogP contribution >= 0.6 is 0 Å². The van der Waals surface area contributed by atoms with Crippen LogP contribution in [-0.4, -0.2) is 62.7 Å². The zero-order valence-corrected chi connectivity index (χ0v) is 12.6. The van der Waals surface area contributed by atoms with E-state index in [0.29, 0.717) is 19.4 Å². The summed E-state index contributed by atoms with van der Waals surface area (Å²) >= 11 is 0. The van der Waals surface area contributed by atoms with E-state index in [1.807, 2.05) is 6.92 Å². The summed E-state index contributed by atoms with van der Waals surface area (Å²) in [5.74, 6) is 0.556. The normalized spacial score (nSPS) is 31.2. The Kier molecular flexibility index (Phi) is 4.87. The Bertz CT molecular complexity index is 381. The summed E-state index contributed by atoms with van der Waals surface area (Å²) in [5, 5.41) is 0. The van der Waals surface area contributed by atoms with Crippen molar-refractivity contribution in [2.24, 2.45) is 5.73 Å². The molecule has 112 valence electrons. The molecule has 1 atom stereocenters. The third-order valence-electron chi connectivity index (χ3n) is 4.59. The molecular weight excluding hydrogens is 264 g/mol. The van der Waals surface area contributed by atoms with Crippen LogP contribution in [-0.2, 0) is 14.6 Å². The number of likely N-dealkylation sites (tertiary alicyclic amines) is 1. The maximum absolute atomic E-state index is 11.6. The van der Waals surface area contributed by atoms with Gasteiger partial charge in [-0.25, -0.2) is 8.42 Å². The Morgan fingerprint density at radius 1 is 1.37 bits per heavy atom. The lowest BCUT2D eigenvalue weighted by Crippen LogP contribution is -2.61. The van der Waals surface area contributed by atoms with Gasteiger partial charge < -0.3 is 10.5 Å². The molecule has 2 N–H and O–H groups in total. The van der Waals surface area contributed by atoms with Crippen molar-refractivity contribution in [2.45, 2.75) is 44.2 Å². The summed E-state index contributed by atoms with van der Waals surface area (Å²) in [7, 11) is -2.84. The lowest BCUT2D eigenvalue weighted by atomic mass is 9.87. The van der Waals surface area contributed by atoms with Gasteiger partial charge in [-0.05, 0) is 39.2 Å². The fourth-order valence-corrected chi connectivity index (χ4v) is 4.89. The zero-order valence-electron chi connectivity index (χ0n) is 11.8. The first-order chi connectivity index (χ1) is 9.01. The molecule has 0 saturated carbocycles. The second-order valence-corrected chi connectivity index (χ2v) is 8.05. The zero-order chi connectivity index (χ0) is 13.9. The number of rotatable bonds is 4. The lowest BCUT2D eigenvalue weighted by molar-refractivity contribution is -0.0356. The van der Waals surface area contributed by atoms with Crippen molar-refractivity contribution in [1.82, 2.24) is 4.90 Å². The smallest absolute Gasteiger partial charge is 0.150 e. The molecular formula is C13H26N2O3S. The average Bonchev–Trinajstić information content (AvgIpc) is 2.40. The van der Waals surface area contributed by atoms with Crippen molar-refractivity contribution < 1.29 is 13.2 Å². The van der Waals surface area contributed by atoms with Crippen LogP contribution in [0.15, 0.2) is 0 Å². The Labute approximate surface area is 116 Å². The van der Waals surface area contributed by atoms with E-state index in [4.69, 9.17) is 10.5 Å². The third kappa shape index (κ3) is 3.48. The highest BCUT2D eigenvalue weighted by Gasteiger charge is 2.42. The largest absolute Gasteiger partial charge is 0.377 e. The number of hydrogen-bond donors (Lipinski definition) is 1. The third-order valence-corrected chi connectivity index (χ3v) is 6.24. The first-order valence-electron chi connectivity index (χ1n) is 7.28. The standard InChI is InChI=1S/C13H26N2O3S/c1-2-18-12-4-3-7-15(10-12)13(11-14)5-8-19(16,17)9-6-13/h12H,2-11,14H2,1H3. The van der Waals surface area contributed by atoms with Crippen LogP contribution in [0, 0.1) is 0 Å². The van der Waals surface area contributed by atoms with Crippen molar-refractivity contribution in [3.63, 3.8) is 0 Å². The molecule has 6 heteroatoms. The first kappa shape index (κ1) is 15.2. The summed E-state index contributed by atoms with van der Waals surface area (Å²) in [6.45, 7) is 5.21. The quantitative estimate of drug-likeness (QED) is 0.811. The Morgan fingerprint density at radius 3 is 2.63 bits per heavy atom. The fraction of sp³-hybridized carbons (Fsp3) is 1.00. The molecule has 0 radical (unpaired) electrons. The van der Waals surface area contributed by atoms with Crippen molar-refractivity contribution in [1.29, 1.82) is 0 Å². The minimum Gasteiger partial charge on any atom is -0.377 e. The van der Waals surface area contributed by atoms with Gasteiger partial charge in [-0.1, -0.05) is 0 Å². The Morgan fingerprint density at radius 2 is 2.05 bits per heavy atom. The molecule has 0 aliphatic carbocycles. The Balaban J connectivity index is 2.04.